The van der Waals surface area contributed by atoms with Gasteiger partial charge >= 0.3 is 0 Å². The summed E-state index contributed by atoms with van der Waals surface area (Å²) in [7, 11) is 0. The van der Waals surface area contributed by atoms with Crippen molar-refractivity contribution in [3.8, 4) is 0 Å². The summed E-state index contributed by atoms with van der Waals surface area (Å²) >= 11 is 6.15. The number of rotatable bonds is 5. The first-order chi connectivity index (χ1) is 7.65. The lowest BCUT2D eigenvalue weighted by atomic mass is 9.92. The van der Waals surface area contributed by atoms with Gasteiger partial charge in [0.05, 0.1) is 5.02 Å². The van der Waals surface area contributed by atoms with Gasteiger partial charge < -0.3 is 5.32 Å². The van der Waals surface area contributed by atoms with E-state index in [2.05, 4.69) is 24.1 Å². The summed E-state index contributed by atoms with van der Waals surface area (Å²) < 4.78 is 0. The van der Waals surface area contributed by atoms with E-state index in [4.69, 9.17) is 11.6 Å². The minimum Gasteiger partial charge on any atom is -0.313 e. The molecule has 0 aromatic carbocycles. The Balaban J connectivity index is 2.09. The van der Waals surface area contributed by atoms with Gasteiger partial charge in [-0.05, 0) is 42.9 Å². The highest BCUT2D eigenvalue weighted by Gasteiger charge is 2.44. The van der Waals surface area contributed by atoms with E-state index in [9.17, 15) is 0 Å². The highest BCUT2D eigenvalue weighted by atomic mass is 35.5. The molecule has 1 aliphatic rings. The quantitative estimate of drug-likeness (QED) is 0.853. The summed E-state index contributed by atoms with van der Waals surface area (Å²) in [4.78, 5) is 4.02. The van der Waals surface area contributed by atoms with Crippen LogP contribution in [0.1, 0.15) is 32.3 Å². The lowest BCUT2D eigenvalue weighted by Gasteiger charge is -2.24. The lowest BCUT2D eigenvalue weighted by Crippen LogP contribution is -2.38. The van der Waals surface area contributed by atoms with Crippen LogP contribution in [0.5, 0.6) is 0 Å². The molecule has 3 heteroatoms. The summed E-state index contributed by atoms with van der Waals surface area (Å²) in [5.41, 5.74) is 1.68. The second-order valence-electron chi connectivity index (χ2n) is 4.94. The maximum absolute atomic E-state index is 6.15. The van der Waals surface area contributed by atoms with Crippen LogP contribution < -0.4 is 5.32 Å². The zero-order valence-electron chi connectivity index (χ0n) is 9.96. The highest BCUT2D eigenvalue weighted by Crippen LogP contribution is 2.49. The molecule has 88 valence electrons. The number of hydrogen-bond acceptors (Lipinski definition) is 2. The van der Waals surface area contributed by atoms with E-state index in [0.29, 0.717) is 11.5 Å². The van der Waals surface area contributed by atoms with Crippen LogP contribution in [0.4, 0.5) is 0 Å². The number of aromatic nitrogens is 1. The summed E-state index contributed by atoms with van der Waals surface area (Å²) in [5.74, 6) is 0. The second-order valence-corrected chi connectivity index (χ2v) is 5.34. The first kappa shape index (κ1) is 11.9. The van der Waals surface area contributed by atoms with Gasteiger partial charge in [-0.3, -0.25) is 4.98 Å². The summed E-state index contributed by atoms with van der Waals surface area (Å²) in [6.07, 6.45) is 7.21. The molecule has 0 aliphatic heterocycles. The SMILES string of the molecule is CCNC(Cc1ccncc1Cl)C1(C)CC1. The smallest absolute Gasteiger partial charge is 0.0621 e. The van der Waals surface area contributed by atoms with Gasteiger partial charge in [0, 0.05) is 18.4 Å². The molecule has 1 heterocycles. The van der Waals surface area contributed by atoms with E-state index in [1.54, 1.807) is 6.20 Å². The van der Waals surface area contributed by atoms with Gasteiger partial charge in [-0.25, -0.2) is 0 Å². The monoisotopic (exact) mass is 238 g/mol. The summed E-state index contributed by atoms with van der Waals surface area (Å²) in [5, 5.41) is 4.37. The lowest BCUT2D eigenvalue weighted by molar-refractivity contribution is 0.360. The van der Waals surface area contributed by atoms with Gasteiger partial charge in [0.1, 0.15) is 0 Å². The minimum absolute atomic E-state index is 0.475. The Morgan fingerprint density at radius 3 is 2.88 bits per heavy atom. The Morgan fingerprint density at radius 1 is 1.56 bits per heavy atom. The second kappa shape index (κ2) is 4.72. The molecule has 1 atom stereocenters. The molecule has 0 spiro atoms. The number of hydrogen-bond donors (Lipinski definition) is 1. The number of likely N-dealkylation sites (N-methyl/N-ethyl adjacent to an activating group) is 1. The molecule has 1 saturated carbocycles. The molecule has 0 radical (unpaired) electrons. The molecular weight excluding hydrogens is 220 g/mol. The Labute approximate surface area is 102 Å². The number of nitrogens with zero attached hydrogens (tertiary/aromatic N) is 1. The van der Waals surface area contributed by atoms with Crippen molar-refractivity contribution in [1.29, 1.82) is 0 Å². The number of halogens is 1. The molecule has 1 aromatic rings. The van der Waals surface area contributed by atoms with E-state index in [0.717, 1.165) is 18.0 Å². The van der Waals surface area contributed by atoms with E-state index in [1.165, 1.54) is 18.4 Å². The molecule has 16 heavy (non-hydrogen) atoms. The Hall–Kier alpha value is -0.600. The molecule has 0 amide bonds. The minimum atomic E-state index is 0.475. The molecule has 1 unspecified atom stereocenters. The van der Waals surface area contributed by atoms with Gasteiger partial charge in [-0.1, -0.05) is 25.4 Å². The highest BCUT2D eigenvalue weighted by molar-refractivity contribution is 6.31. The van der Waals surface area contributed by atoms with E-state index in [-0.39, 0.29) is 0 Å². The standard InChI is InChI=1S/C13H19ClN2/c1-3-16-12(13(2)5-6-13)8-10-4-7-15-9-11(10)14/h4,7,9,12,16H,3,5-6,8H2,1-2H3. The molecule has 2 nitrogen and oxygen atoms in total. The molecule has 2 rings (SSSR count). The zero-order chi connectivity index (χ0) is 11.6. The van der Waals surface area contributed by atoms with E-state index < -0.39 is 0 Å². The third-order valence-corrected chi connectivity index (χ3v) is 3.95. The van der Waals surface area contributed by atoms with Crippen molar-refractivity contribution in [3.05, 3.63) is 29.0 Å². The fourth-order valence-electron chi connectivity index (χ4n) is 2.15. The largest absolute Gasteiger partial charge is 0.313 e. The Morgan fingerprint density at radius 2 is 2.31 bits per heavy atom. The van der Waals surface area contributed by atoms with Crippen molar-refractivity contribution < 1.29 is 0 Å². The molecule has 1 N–H and O–H groups in total. The van der Waals surface area contributed by atoms with Crippen molar-refractivity contribution in [1.82, 2.24) is 10.3 Å². The maximum atomic E-state index is 6.15. The number of pyridine rings is 1. The van der Waals surface area contributed by atoms with Crippen LogP contribution in [-0.2, 0) is 6.42 Å². The topological polar surface area (TPSA) is 24.9 Å². The average molecular weight is 239 g/mol. The van der Waals surface area contributed by atoms with Gasteiger partial charge in [-0.15, -0.1) is 0 Å². The molecular formula is C13H19ClN2. The maximum Gasteiger partial charge on any atom is 0.0621 e. The van der Waals surface area contributed by atoms with Crippen molar-refractivity contribution in [2.45, 2.75) is 39.2 Å². The third kappa shape index (κ3) is 2.55. The number of nitrogens with one attached hydrogen (secondary N) is 1. The molecule has 0 saturated heterocycles. The molecule has 1 aromatic heterocycles. The van der Waals surface area contributed by atoms with Crippen LogP contribution >= 0.6 is 11.6 Å². The van der Waals surface area contributed by atoms with Crippen molar-refractivity contribution in [3.63, 3.8) is 0 Å². The van der Waals surface area contributed by atoms with Crippen LogP contribution in [0.2, 0.25) is 5.02 Å². The predicted molar refractivity (Wildman–Crippen MR) is 67.8 cm³/mol. The fourth-order valence-corrected chi connectivity index (χ4v) is 2.34. The van der Waals surface area contributed by atoms with Crippen molar-refractivity contribution in [2.75, 3.05) is 6.54 Å². The Kier molecular flexibility index (Phi) is 3.50. The fraction of sp³-hybridized carbons (Fsp3) is 0.615. The van der Waals surface area contributed by atoms with Gasteiger partial charge in [0.25, 0.3) is 0 Å². The summed E-state index contributed by atoms with van der Waals surface area (Å²) in [6, 6.07) is 2.57. The predicted octanol–water partition coefficient (Wildman–Crippen LogP) is 3.06. The molecule has 0 bridgehead atoms. The van der Waals surface area contributed by atoms with Crippen LogP contribution in [0.25, 0.3) is 0 Å². The van der Waals surface area contributed by atoms with Gasteiger partial charge in [0.2, 0.25) is 0 Å². The Bertz CT molecular complexity index is 361. The summed E-state index contributed by atoms with van der Waals surface area (Å²) in [6.45, 7) is 5.53. The normalized spacial score (nSPS) is 19.4. The van der Waals surface area contributed by atoms with Crippen LogP contribution in [0.15, 0.2) is 18.5 Å². The van der Waals surface area contributed by atoms with E-state index in [1.807, 2.05) is 12.3 Å². The van der Waals surface area contributed by atoms with Gasteiger partial charge in [0.15, 0.2) is 0 Å². The van der Waals surface area contributed by atoms with Crippen LogP contribution in [-0.4, -0.2) is 17.6 Å². The van der Waals surface area contributed by atoms with Crippen LogP contribution in [0.3, 0.4) is 0 Å². The third-order valence-electron chi connectivity index (χ3n) is 3.61. The molecule has 1 aliphatic carbocycles. The van der Waals surface area contributed by atoms with Crippen molar-refractivity contribution in [2.24, 2.45) is 5.41 Å². The first-order valence-corrected chi connectivity index (χ1v) is 6.35. The molecule has 1 fully saturated rings. The van der Waals surface area contributed by atoms with Crippen LogP contribution in [0, 0.1) is 5.41 Å². The zero-order valence-corrected chi connectivity index (χ0v) is 10.7. The van der Waals surface area contributed by atoms with E-state index >= 15 is 0 Å². The van der Waals surface area contributed by atoms with Crippen molar-refractivity contribution >= 4 is 11.6 Å². The first-order valence-electron chi connectivity index (χ1n) is 5.97. The average Bonchev–Trinajstić information content (AvgIpc) is 3.00. The van der Waals surface area contributed by atoms with Gasteiger partial charge in [-0.2, -0.15) is 0 Å².